The molecule has 3 aliphatic heterocycles. The Bertz CT molecular complexity index is 859. The fourth-order valence-electron chi connectivity index (χ4n) is 6.97. The SMILES string of the molecule is C=CCCCCOC(=O)[C@@H]1[C@@H]2CCC3(S2)C(C(=O)N(CC=C)C2CCCCC2)N([C@H](C)CO)C(=O)[C@H]13. The summed E-state index contributed by atoms with van der Waals surface area (Å²) in [4.78, 5) is 45.1. The van der Waals surface area contributed by atoms with Crippen molar-refractivity contribution in [2.45, 2.75) is 99.3 Å². The molecule has 4 fully saturated rings. The monoisotopic (exact) mass is 518 g/mol. The van der Waals surface area contributed by atoms with E-state index in [1.165, 1.54) is 6.42 Å². The first-order valence-electron chi connectivity index (χ1n) is 13.7. The van der Waals surface area contributed by atoms with Gasteiger partial charge in [-0.2, -0.15) is 0 Å². The van der Waals surface area contributed by atoms with Gasteiger partial charge in [-0.1, -0.05) is 31.4 Å². The zero-order valence-corrected chi connectivity index (χ0v) is 22.4. The molecule has 1 spiro atoms. The Morgan fingerprint density at radius 3 is 2.64 bits per heavy atom. The summed E-state index contributed by atoms with van der Waals surface area (Å²) in [5.41, 5.74) is 0. The summed E-state index contributed by atoms with van der Waals surface area (Å²) in [5, 5.41) is 10.0. The molecule has 8 heteroatoms. The summed E-state index contributed by atoms with van der Waals surface area (Å²) in [7, 11) is 0. The Labute approximate surface area is 219 Å². The minimum atomic E-state index is -0.681. The molecule has 0 radical (unpaired) electrons. The number of hydrogen-bond donors (Lipinski definition) is 1. The van der Waals surface area contributed by atoms with Crippen molar-refractivity contribution in [3.05, 3.63) is 25.3 Å². The van der Waals surface area contributed by atoms with Gasteiger partial charge in [0.15, 0.2) is 0 Å². The maximum absolute atomic E-state index is 14.4. The van der Waals surface area contributed by atoms with E-state index in [1.54, 1.807) is 29.7 Å². The number of carbonyl (C=O) groups excluding carboxylic acids is 3. The lowest BCUT2D eigenvalue weighted by atomic mass is 9.71. The first-order valence-corrected chi connectivity index (χ1v) is 14.6. The van der Waals surface area contributed by atoms with E-state index in [1.807, 2.05) is 11.0 Å². The smallest absolute Gasteiger partial charge is 0.310 e. The van der Waals surface area contributed by atoms with Crippen molar-refractivity contribution in [1.29, 1.82) is 0 Å². The van der Waals surface area contributed by atoms with Crippen LogP contribution in [-0.2, 0) is 19.1 Å². The van der Waals surface area contributed by atoms with E-state index in [0.717, 1.165) is 57.8 Å². The van der Waals surface area contributed by atoms with E-state index >= 15 is 0 Å². The van der Waals surface area contributed by atoms with E-state index in [-0.39, 0.29) is 35.7 Å². The van der Waals surface area contributed by atoms with E-state index < -0.39 is 28.7 Å². The van der Waals surface area contributed by atoms with Crippen molar-refractivity contribution in [3.63, 3.8) is 0 Å². The van der Waals surface area contributed by atoms with Gasteiger partial charge in [-0.25, -0.2) is 0 Å². The number of carbonyl (C=O) groups is 3. The van der Waals surface area contributed by atoms with Crippen LogP contribution in [0, 0.1) is 11.8 Å². The molecule has 0 aromatic rings. The molecular formula is C28H42N2O5S. The lowest BCUT2D eigenvalue weighted by Gasteiger charge is -2.42. The average molecular weight is 519 g/mol. The fourth-order valence-corrected chi connectivity index (χ4v) is 9.16. The normalized spacial score (nSPS) is 32.3. The molecule has 2 unspecified atom stereocenters. The molecule has 0 aromatic carbocycles. The van der Waals surface area contributed by atoms with Crippen LogP contribution in [0.25, 0.3) is 0 Å². The number of esters is 1. The van der Waals surface area contributed by atoms with Gasteiger partial charge in [0.1, 0.15) is 6.04 Å². The molecular weight excluding hydrogens is 476 g/mol. The molecule has 4 rings (SSSR count). The van der Waals surface area contributed by atoms with Crippen molar-refractivity contribution in [2.24, 2.45) is 11.8 Å². The molecule has 7 nitrogen and oxygen atoms in total. The zero-order chi connectivity index (χ0) is 25.9. The van der Waals surface area contributed by atoms with Crippen LogP contribution in [0.3, 0.4) is 0 Å². The Balaban J connectivity index is 1.62. The third-order valence-corrected chi connectivity index (χ3v) is 10.6. The summed E-state index contributed by atoms with van der Waals surface area (Å²) in [6.45, 7) is 9.96. The van der Waals surface area contributed by atoms with Gasteiger partial charge in [0.2, 0.25) is 11.8 Å². The van der Waals surface area contributed by atoms with Gasteiger partial charge < -0.3 is 19.6 Å². The fraction of sp³-hybridized carbons (Fsp3) is 0.750. The first kappa shape index (κ1) is 27.2. The third-order valence-electron chi connectivity index (χ3n) is 8.65. The number of allylic oxidation sites excluding steroid dienone is 1. The number of likely N-dealkylation sites (tertiary alicyclic amines) is 1. The minimum Gasteiger partial charge on any atom is -0.465 e. The van der Waals surface area contributed by atoms with E-state index in [2.05, 4.69) is 13.2 Å². The van der Waals surface area contributed by atoms with Crippen LogP contribution in [0.15, 0.2) is 25.3 Å². The number of ether oxygens (including phenoxy) is 1. The van der Waals surface area contributed by atoms with Crippen LogP contribution in [0.2, 0.25) is 0 Å². The molecule has 0 aromatic heterocycles. The molecule has 2 amide bonds. The van der Waals surface area contributed by atoms with Gasteiger partial charge in [0, 0.05) is 17.8 Å². The number of hydrogen-bond acceptors (Lipinski definition) is 6. The van der Waals surface area contributed by atoms with Crippen molar-refractivity contribution < 1.29 is 24.2 Å². The van der Waals surface area contributed by atoms with Crippen LogP contribution >= 0.6 is 11.8 Å². The second kappa shape index (κ2) is 11.7. The summed E-state index contributed by atoms with van der Waals surface area (Å²) in [6.07, 6.45) is 13.0. The Kier molecular flexibility index (Phi) is 8.87. The number of fused-ring (bicyclic) bond motifs is 1. The zero-order valence-electron chi connectivity index (χ0n) is 21.6. The minimum absolute atomic E-state index is 0.0101. The largest absolute Gasteiger partial charge is 0.465 e. The number of rotatable bonds is 12. The quantitative estimate of drug-likeness (QED) is 0.241. The topological polar surface area (TPSA) is 87.2 Å². The van der Waals surface area contributed by atoms with Gasteiger partial charge in [-0.3, -0.25) is 14.4 Å². The highest BCUT2D eigenvalue weighted by Gasteiger charge is 2.74. The van der Waals surface area contributed by atoms with E-state index in [9.17, 15) is 19.5 Å². The highest BCUT2D eigenvalue weighted by molar-refractivity contribution is 8.02. The predicted molar refractivity (Wildman–Crippen MR) is 141 cm³/mol. The number of unbranched alkanes of at least 4 members (excludes halogenated alkanes) is 2. The number of aliphatic hydroxyl groups excluding tert-OH is 1. The molecule has 1 saturated carbocycles. The summed E-state index contributed by atoms with van der Waals surface area (Å²) >= 11 is 1.66. The van der Waals surface area contributed by atoms with Crippen molar-refractivity contribution >= 4 is 29.5 Å². The predicted octanol–water partition coefficient (Wildman–Crippen LogP) is 3.71. The number of nitrogens with zero attached hydrogens (tertiary/aromatic N) is 2. The Morgan fingerprint density at radius 2 is 1.97 bits per heavy atom. The maximum atomic E-state index is 14.4. The Morgan fingerprint density at radius 1 is 1.22 bits per heavy atom. The lowest BCUT2D eigenvalue weighted by Crippen LogP contribution is -2.58. The Hall–Kier alpha value is -1.80. The van der Waals surface area contributed by atoms with Gasteiger partial charge in [0.25, 0.3) is 0 Å². The van der Waals surface area contributed by atoms with Crippen LogP contribution in [-0.4, -0.2) is 80.6 Å². The van der Waals surface area contributed by atoms with Crippen molar-refractivity contribution in [1.82, 2.24) is 9.80 Å². The summed E-state index contributed by atoms with van der Waals surface area (Å²) in [5.74, 6) is -1.66. The maximum Gasteiger partial charge on any atom is 0.310 e. The molecule has 3 heterocycles. The van der Waals surface area contributed by atoms with Crippen LogP contribution < -0.4 is 0 Å². The van der Waals surface area contributed by atoms with Gasteiger partial charge in [-0.15, -0.1) is 24.9 Å². The number of thioether (sulfide) groups is 1. The lowest BCUT2D eigenvalue weighted by molar-refractivity contribution is -0.154. The standard InChI is InChI=1S/C28H42N2O5S/c1-4-6-7-11-17-35-27(34)22-21-14-15-28(36-21)23(22)25(32)30(19(3)18-31)24(28)26(33)29(16-5-2)20-12-9-8-10-13-20/h4-5,19-24,31H,1-2,6-18H2,3H3/t19-,21+,22-,23+,24?,28?/m1/s1. The van der Waals surface area contributed by atoms with Crippen molar-refractivity contribution in [2.75, 3.05) is 19.8 Å². The highest BCUT2D eigenvalue weighted by Crippen LogP contribution is 2.67. The van der Waals surface area contributed by atoms with Gasteiger partial charge in [-0.05, 0) is 51.9 Å². The molecule has 200 valence electrons. The van der Waals surface area contributed by atoms with Crippen LogP contribution in [0.4, 0.5) is 0 Å². The molecule has 4 aliphatic rings. The molecule has 1 N–H and O–H groups in total. The number of aliphatic hydroxyl groups is 1. The number of amides is 2. The first-order chi connectivity index (χ1) is 17.4. The summed E-state index contributed by atoms with van der Waals surface area (Å²) < 4.78 is 5.01. The second-order valence-corrected chi connectivity index (χ2v) is 12.5. The summed E-state index contributed by atoms with van der Waals surface area (Å²) in [6, 6.07) is -1.04. The molecule has 6 atom stereocenters. The second-order valence-electron chi connectivity index (χ2n) is 10.9. The van der Waals surface area contributed by atoms with Gasteiger partial charge >= 0.3 is 5.97 Å². The molecule has 3 saturated heterocycles. The average Bonchev–Trinajstić information content (AvgIpc) is 3.54. The molecule has 2 bridgehead atoms. The van der Waals surface area contributed by atoms with Crippen molar-refractivity contribution in [3.8, 4) is 0 Å². The van der Waals surface area contributed by atoms with Crippen LogP contribution in [0.5, 0.6) is 0 Å². The van der Waals surface area contributed by atoms with E-state index in [4.69, 9.17) is 4.74 Å². The van der Waals surface area contributed by atoms with E-state index in [0.29, 0.717) is 13.2 Å². The molecule has 36 heavy (non-hydrogen) atoms. The van der Waals surface area contributed by atoms with Gasteiger partial charge in [0.05, 0.1) is 35.8 Å². The highest BCUT2D eigenvalue weighted by atomic mass is 32.2. The third kappa shape index (κ3) is 4.75. The van der Waals surface area contributed by atoms with Crippen LogP contribution in [0.1, 0.15) is 71.1 Å². The molecule has 1 aliphatic carbocycles.